The van der Waals surface area contributed by atoms with Crippen molar-refractivity contribution in [1.29, 1.82) is 0 Å². The second-order valence-corrected chi connectivity index (χ2v) is 6.35. The first-order valence-corrected chi connectivity index (χ1v) is 8.47. The van der Waals surface area contributed by atoms with Crippen LogP contribution in [0.1, 0.15) is 11.1 Å². The zero-order valence-electron chi connectivity index (χ0n) is 13.7. The lowest BCUT2D eigenvalue weighted by atomic mass is 9.96. The molecule has 0 atom stereocenters. The Hall–Kier alpha value is -3.26. The topological polar surface area (TPSA) is 25.8 Å². The molecule has 2 aromatic heterocycles. The normalized spacial score (nSPS) is 12.5. The summed E-state index contributed by atoms with van der Waals surface area (Å²) >= 11 is 0. The molecule has 2 heteroatoms. The van der Waals surface area contributed by atoms with Crippen LogP contribution in [-0.4, -0.2) is 9.97 Å². The van der Waals surface area contributed by atoms with Gasteiger partial charge >= 0.3 is 0 Å². The Morgan fingerprint density at radius 3 is 2.48 bits per heavy atom. The standard InChI is InChI=1S/C23H16N2/c1-2-16-4-5-19(14-18(16)3-1)20-6-7-23-22(15-20)21(10-13-25-23)17-8-11-24-12-9-17/h1,3-15H,2H2. The first-order valence-electron chi connectivity index (χ1n) is 8.47. The first kappa shape index (κ1) is 14.1. The van der Waals surface area contributed by atoms with Crippen molar-refractivity contribution < 1.29 is 0 Å². The summed E-state index contributed by atoms with van der Waals surface area (Å²) in [5.74, 6) is 0. The number of nitrogens with zero attached hydrogens (tertiary/aromatic N) is 2. The molecular weight excluding hydrogens is 304 g/mol. The van der Waals surface area contributed by atoms with Crippen LogP contribution in [0.2, 0.25) is 0 Å². The quantitative estimate of drug-likeness (QED) is 0.485. The molecule has 0 saturated heterocycles. The van der Waals surface area contributed by atoms with Gasteiger partial charge in [0.2, 0.25) is 0 Å². The van der Waals surface area contributed by atoms with E-state index in [0.29, 0.717) is 0 Å². The number of benzene rings is 2. The van der Waals surface area contributed by atoms with Crippen LogP contribution in [0.4, 0.5) is 0 Å². The minimum Gasteiger partial charge on any atom is -0.265 e. The summed E-state index contributed by atoms with van der Waals surface area (Å²) in [5.41, 5.74) is 8.57. The molecule has 1 aliphatic carbocycles. The number of pyridine rings is 2. The largest absolute Gasteiger partial charge is 0.265 e. The van der Waals surface area contributed by atoms with Crippen LogP contribution in [0, 0.1) is 0 Å². The molecule has 0 N–H and O–H groups in total. The van der Waals surface area contributed by atoms with E-state index in [0.717, 1.165) is 17.5 Å². The summed E-state index contributed by atoms with van der Waals surface area (Å²) in [4.78, 5) is 8.66. The van der Waals surface area contributed by atoms with Gasteiger partial charge in [-0.2, -0.15) is 0 Å². The Morgan fingerprint density at radius 2 is 1.56 bits per heavy atom. The second-order valence-electron chi connectivity index (χ2n) is 6.35. The van der Waals surface area contributed by atoms with Gasteiger partial charge in [-0.15, -0.1) is 0 Å². The lowest BCUT2D eigenvalue weighted by Crippen LogP contribution is -1.88. The number of hydrogen-bond donors (Lipinski definition) is 0. The highest BCUT2D eigenvalue weighted by molar-refractivity contribution is 5.96. The molecule has 0 radical (unpaired) electrons. The molecule has 5 rings (SSSR count). The average molecular weight is 320 g/mol. The van der Waals surface area contributed by atoms with Gasteiger partial charge in [0.15, 0.2) is 0 Å². The van der Waals surface area contributed by atoms with Crippen LogP contribution >= 0.6 is 0 Å². The third-order valence-corrected chi connectivity index (χ3v) is 4.85. The van der Waals surface area contributed by atoms with E-state index in [9.17, 15) is 0 Å². The third-order valence-electron chi connectivity index (χ3n) is 4.85. The number of hydrogen-bond acceptors (Lipinski definition) is 2. The summed E-state index contributed by atoms with van der Waals surface area (Å²) in [6.45, 7) is 0. The molecule has 0 bridgehead atoms. The fourth-order valence-electron chi connectivity index (χ4n) is 3.54. The van der Waals surface area contributed by atoms with Gasteiger partial charge in [0, 0.05) is 24.0 Å². The van der Waals surface area contributed by atoms with E-state index in [2.05, 4.69) is 64.6 Å². The lowest BCUT2D eigenvalue weighted by Gasteiger charge is -2.10. The van der Waals surface area contributed by atoms with Gasteiger partial charge in [0.05, 0.1) is 5.52 Å². The summed E-state index contributed by atoms with van der Waals surface area (Å²) in [7, 11) is 0. The summed E-state index contributed by atoms with van der Waals surface area (Å²) in [5, 5.41) is 1.17. The summed E-state index contributed by atoms with van der Waals surface area (Å²) in [6, 6.07) is 19.4. The van der Waals surface area contributed by atoms with Gasteiger partial charge in [-0.1, -0.05) is 30.4 Å². The van der Waals surface area contributed by atoms with Crippen molar-refractivity contribution in [3.05, 3.63) is 90.4 Å². The zero-order valence-corrected chi connectivity index (χ0v) is 13.7. The Kier molecular flexibility index (Phi) is 3.20. The highest BCUT2D eigenvalue weighted by atomic mass is 14.6. The highest BCUT2D eigenvalue weighted by Crippen LogP contribution is 2.32. The van der Waals surface area contributed by atoms with Gasteiger partial charge in [-0.25, -0.2) is 0 Å². The van der Waals surface area contributed by atoms with E-state index in [1.54, 1.807) is 0 Å². The van der Waals surface area contributed by atoms with Crippen LogP contribution in [-0.2, 0) is 6.42 Å². The van der Waals surface area contributed by atoms with Crippen molar-refractivity contribution in [2.75, 3.05) is 0 Å². The predicted molar refractivity (Wildman–Crippen MR) is 103 cm³/mol. The molecule has 4 aromatic rings. The van der Waals surface area contributed by atoms with E-state index in [-0.39, 0.29) is 0 Å². The minimum atomic E-state index is 1.01. The van der Waals surface area contributed by atoms with Gasteiger partial charge in [0.25, 0.3) is 0 Å². The van der Waals surface area contributed by atoms with Crippen molar-refractivity contribution in [2.45, 2.75) is 6.42 Å². The first-order chi connectivity index (χ1) is 12.4. The summed E-state index contributed by atoms with van der Waals surface area (Å²) in [6.07, 6.45) is 11.0. The highest BCUT2D eigenvalue weighted by Gasteiger charge is 2.09. The van der Waals surface area contributed by atoms with Crippen LogP contribution in [0.3, 0.4) is 0 Å². The molecule has 0 spiro atoms. The molecule has 0 aliphatic heterocycles. The van der Waals surface area contributed by atoms with Crippen molar-refractivity contribution in [3.8, 4) is 22.3 Å². The van der Waals surface area contributed by atoms with Gasteiger partial charge in [0.1, 0.15) is 0 Å². The van der Waals surface area contributed by atoms with Crippen molar-refractivity contribution in [2.24, 2.45) is 0 Å². The molecule has 0 unspecified atom stereocenters. The molecule has 2 nitrogen and oxygen atoms in total. The fourth-order valence-corrected chi connectivity index (χ4v) is 3.54. The Morgan fingerprint density at radius 1 is 0.720 bits per heavy atom. The molecule has 0 fully saturated rings. The maximum absolute atomic E-state index is 4.53. The van der Waals surface area contributed by atoms with Gasteiger partial charge in [-0.05, 0) is 76.2 Å². The Bertz CT molecular complexity index is 1110. The molecular formula is C23H16N2. The van der Waals surface area contributed by atoms with Gasteiger partial charge in [-0.3, -0.25) is 9.97 Å². The molecule has 2 heterocycles. The van der Waals surface area contributed by atoms with Crippen LogP contribution in [0.5, 0.6) is 0 Å². The van der Waals surface area contributed by atoms with E-state index < -0.39 is 0 Å². The number of fused-ring (bicyclic) bond motifs is 2. The summed E-state index contributed by atoms with van der Waals surface area (Å²) < 4.78 is 0. The average Bonchev–Trinajstić information content (AvgIpc) is 3.15. The minimum absolute atomic E-state index is 1.01. The van der Waals surface area contributed by atoms with Crippen LogP contribution < -0.4 is 0 Å². The van der Waals surface area contributed by atoms with Gasteiger partial charge < -0.3 is 0 Å². The third kappa shape index (κ3) is 2.43. The van der Waals surface area contributed by atoms with Crippen molar-refractivity contribution in [3.63, 3.8) is 0 Å². The Labute approximate surface area is 146 Å². The van der Waals surface area contributed by atoms with Crippen LogP contribution in [0.25, 0.3) is 39.2 Å². The monoisotopic (exact) mass is 320 g/mol. The van der Waals surface area contributed by atoms with E-state index in [1.807, 2.05) is 30.7 Å². The fraction of sp³-hybridized carbons (Fsp3) is 0.0435. The molecule has 0 amide bonds. The Balaban J connectivity index is 1.70. The maximum atomic E-state index is 4.53. The van der Waals surface area contributed by atoms with Crippen LogP contribution in [0.15, 0.2) is 79.3 Å². The van der Waals surface area contributed by atoms with E-state index >= 15 is 0 Å². The predicted octanol–water partition coefficient (Wildman–Crippen LogP) is 5.53. The molecule has 0 saturated carbocycles. The maximum Gasteiger partial charge on any atom is 0.0708 e. The molecule has 2 aromatic carbocycles. The number of allylic oxidation sites excluding steroid dienone is 1. The zero-order chi connectivity index (χ0) is 16.6. The van der Waals surface area contributed by atoms with E-state index in [4.69, 9.17) is 0 Å². The molecule has 1 aliphatic rings. The lowest BCUT2D eigenvalue weighted by molar-refractivity contribution is 1.31. The second kappa shape index (κ2) is 5.67. The molecule has 25 heavy (non-hydrogen) atoms. The number of aromatic nitrogens is 2. The molecule has 118 valence electrons. The smallest absolute Gasteiger partial charge is 0.0708 e. The SMILES string of the molecule is C1=Cc2cc(-c3ccc4nccc(-c5ccncc5)c4c3)ccc2C1. The van der Waals surface area contributed by atoms with Crippen molar-refractivity contribution in [1.82, 2.24) is 9.97 Å². The number of rotatable bonds is 2. The van der Waals surface area contributed by atoms with Crippen molar-refractivity contribution >= 4 is 17.0 Å². The van der Waals surface area contributed by atoms with E-state index in [1.165, 1.54) is 33.2 Å².